The summed E-state index contributed by atoms with van der Waals surface area (Å²) >= 11 is 0. The van der Waals surface area contributed by atoms with Crippen molar-refractivity contribution in [2.75, 3.05) is 33.3 Å². The Morgan fingerprint density at radius 3 is 2.33 bits per heavy atom. The molecule has 4 rings (SSSR count). The minimum atomic E-state index is -0.565. The summed E-state index contributed by atoms with van der Waals surface area (Å²) in [6.45, 7) is 22.3. The number of rotatable bonds is 9. The summed E-state index contributed by atoms with van der Waals surface area (Å²) in [4.78, 5) is 30.0. The molecule has 0 radical (unpaired) electrons. The summed E-state index contributed by atoms with van der Waals surface area (Å²) in [5.41, 5.74) is 2.14. The molecule has 240 valence electrons. The number of hydrogen-bond donors (Lipinski definition) is 0. The van der Waals surface area contributed by atoms with Gasteiger partial charge >= 0.3 is 5.97 Å². The second kappa shape index (κ2) is 19.1. The summed E-state index contributed by atoms with van der Waals surface area (Å²) in [5.74, 6) is 0.836. The molecule has 0 saturated carbocycles. The predicted octanol–water partition coefficient (Wildman–Crippen LogP) is 8.32. The molecular weight excluding hydrogens is 540 g/mol. The van der Waals surface area contributed by atoms with Crippen molar-refractivity contribution in [3.8, 4) is 5.75 Å². The van der Waals surface area contributed by atoms with Gasteiger partial charge in [0.1, 0.15) is 16.9 Å². The van der Waals surface area contributed by atoms with E-state index >= 15 is 0 Å². The van der Waals surface area contributed by atoms with Crippen LogP contribution in [0.5, 0.6) is 5.75 Å². The molecule has 2 heterocycles. The summed E-state index contributed by atoms with van der Waals surface area (Å²) in [5, 5.41) is 0.965. The molecule has 1 aromatic heterocycles. The monoisotopic (exact) mass is 596 g/mol. The molecule has 2 atom stereocenters. The molecule has 43 heavy (non-hydrogen) atoms. The molecule has 1 aliphatic heterocycles. The standard InChI is InChI=1S/C30H38N2O5.3C2H6/c1-21-12-14-32(18-21)19-26(23-9-6-10-24(16-23)36-20-29(34)37-30(2,3)4)31(5)28(33)17-22-8-7-11-27-25(22)13-15-35-27;3*1-2/h6-11,13,15-16,21,26H,12,14,17-20H2,1-5H3;3*1-2H3/t21?,26-;;;/m1.../s1. The van der Waals surface area contributed by atoms with Gasteiger partial charge in [-0.15, -0.1) is 0 Å². The van der Waals surface area contributed by atoms with E-state index in [1.54, 1.807) is 6.26 Å². The lowest BCUT2D eigenvalue weighted by atomic mass is 10.0. The molecule has 1 fully saturated rings. The third-order valence-corrected chi connectivity index (χ3v) is 6.75. The summed E-state index contributed by atoms with van der Waals surface area (Å²) < 4.78 is 16.6. The number of esters is 1. The van der Waals surface area contributed by atoms with Crippen LogP contribution < -0.4 is 4.74 Å². The van der Waals surface area contributed by atoms with Gasteiger partial charge in [0.25, 0.3) is 0 Å². The minimum Gasteiger partial charge on any atom is -0.482 e. The van der Waals surface area contributed by atoms with Crippen LogP contribution in [-0.4, -0.2) is 60.6 Å². The van der Waals surface area contributed by atoms with Crippen molar-refractivity contribution in [1.82, 2.24) is 9.80 Å². The van der Waals surface area contributed by atoms with E-state index < -0.39 is 11.6 Å². The minimum absolute atomic E-state index is 0.0334. The van der Waals surface area contributed by atoms with Crippen LogP contribution in [0.25, 0.3) is 11.0 Å². The molecule has 7 heteroatoms. The molecule has 1 aliphatic rings. The molecule has 7 nitrogen and oxygen atoms in total. The first-order valence-electron chi connectivity index (χ1n) is 16.0. The lowest BCUT2D eigenvalue weighted by Crippen LogP contribution is -2.39. The SMILES string of the molecule is CC.CC.CC.CC1CCN(C[C@H](c2cccc(OCC(=O)OC(C)(C)C)c2)N(C)C(=O)Cc2cccc3occc23)C1. The molecule has 0 bridgehead atoms. The number of fused-ring (bicyclic) bond motifs is 1. The van der Waals surface area contributed by atoms with E-state index in [1.165, 1.54) is 0 Å². The number of benzene rings is 2. The normalized spacial score (nSPS) is 15.1. The van der Waals surface area contributed by atoms with E-state index in [9.17, 15) is 9.59 Å². The van der Waals surface area contributed by atoms with E-state index in [0.717, 1.165) is 48.2 Å². The Labute approximate surface area is 260 Å². The number of hydrogen-bond acceptors (Lipinski definition) is 6. The van der Waals surface area contributed by atoms with Crippen LogP contribution in [0.15, 0.2) is 59.2 Å². The van der Waals surface area contributed by atoms with Crippen molar-refractivity contribution in [3.05, 3.63) is 65.9 Å². The summed E-state index contributed by atoms with van der Waals surface area (Å²) in [7, 11) is 1.87. The van der Waals surface area contributed by atoms with E-state index in [2.05, 4.69) is 11.8 Å². The highest BCUT2D eigenvalue weighted by atomic mass is 16.6. The van der Waals surface area contributed by atoms with E-state index in [1.807, 2.05) is 123 Å². The largest absolute Gasteiger partial charge is 0.482 e. The van der Waals surface area contributed by atoms with Crippen molar-refractivity contribution in [3.63, 3.8) is 0 Å². The zero-order valence-electron chi connectivity index (χ0n) is 28.5. The van der Waals surface area contributed by atoms with Gasteiger partial charge in [-0.2, -0.15) is 0 Å². The first-order chi connectivity index (χ1) is 20.6. The first kappa shape index (κ1) is 37.7. The lowest BCUT2D eigenvalue weighted by molar-refractivity contribution is -0.157. The molecule has 0 spiro atoms. The van der Waals surface area contributed by atoms with Gasteiger partial charge in [0.15, 0.2) is 6.61 Å². The summed E-state index contributed by atoms with van der Waals surface area (Å²) in [6, 6.07) is 15.2. The Morgan fingerprint density at radius 1 is 1.02 bits per heavy atom. The highest BCUT2D eigenvalue weighted by Gasteiger charge is 2.28. The zero-order valence-corrected chi connectivity index (χ0v) is 28.5. The number of carbonyl (C=O) groups is 2. The number of carbonyl (C=O) groups excluding carboxylic acids is 2. The van der Waals surface area contributed by atoms with Gasteiger partial charge in [0.05, 0.1) is 18.7 Å². The maximum absolute atomic E-state index is 13.5. The smallest absolute Gasteiger partial charge is 0.344 e. The number of likely N-dealkylation sites (N-methyl/N-ethyl adjacent to an activating group) is 1. The quantitative estimate of drug-likeness (QED) is 0.231. The van der Waals surface area contributed by atoms with Crippen molar-refractivity contribution in [2.45, 2.75) is 93.7 Å². The highest BCUT2D eigenvalue weighted by Crippen LogP contribution is 2.29. The maximum atomic E-state index is 13.5. The lowest BCUT2D eigenvalue weighted by Gasteiger charge is -2.32. The fourth-order valence-electron chi connectivity index (χ4n) is 4.89. The van der Waals surface area contributed by atoms with Gasteiger partial charge in [-0.3, -0.25) is 4.79 Å². The molecule has 0 aliphatic carbocycles. The first-order valence-corrected chi connectivity index (χ1v) is 16.0. The second-order valence-corrected chi connectivity index (χ2v) is 11.0. The van der Waals surface area contributed by atoms with Gasteiger partial charge in [0.2, 0.25) is 5.91 Å². The van der Waals surface area contributed by atoms with Crippen LogP contribution in [-0.2, 0) is 20.7 Å². The van der Waals surface area contributed by atoms with Crippen LogP contribution in [0.2, 0.25) is 0 Å². The molecule has 2 aromatic carbocycles. The topological polar surface area (TPSA) is 72.2 Å². The van der Waals surface area contributed by atoms with Crippen LogP contribution >= 0.6 is 0 Å². The Bertz CT molecular complexity index is 1230. The molecule has 0 N–H and O–H groups in total. The maximum Gasteiger partial charge on any atom is 0.344 e. The Hall–Kier alpha value is -3.32. The molecule has 1 saturated heterocycles. The molecular formula is C36H56N2O5. The average Bonchev–Trinajstić information content (AvgIpc) is 3.66. The van der Waals surface area contributed by atoms with Gasteiger partial charge < -0.3 is 23.7 Å². The number of nitrogens with zero attached hydrogens (tertiary/aromatic N) is 2. The number of ether oxygens (including phenoxy) is 2. The van der Waals surface area contributed by atoms with Gasteiger partial charge in [-0.25, -0.2) is 4.79 Å². The van der Waals surface area contributed by atoms with E-state index in [0.29, 0.717) is 11.7 Å². The Balaban J connectivity index is 0.00000145. The zero-order chi connectivity index (χ0) is 32.6. The molecule has 1 amide bonds. The van der Waals surface area contributed by atoms with Crippen LogP contribution in [0.3, 0.4) is 0 Å². The van der Waals surface area contributed by atoms with Crippen molar-refractivity contribution < 1.29 is 23.5 Å². The number of furan rings is 1. The van der Waals surface area contributed by atoms with Crippen molar-refractivity contribution in [2.24, 2.45) is 5.92 Å². The third-order valence-electron chi connectivity index (χ3n) is 6.75. The second-order valence-electron chi connectivity index (χ2n) is 11.0. The van der Waals surface area contributed by atoms with E-state index in [4.69, 9.17) is 13.9 Å². The third kappa shape index (κ3) is 12.1. The number of amides is 1. The van der Waals surface area contributed by atoms with Crippen molar-refractivity contribution >= 4 is 22.8 Å². The Morgan fingerprint density at radius 2 is 1.70 bits per heavy atom. The van der Waals surface area contributed by atoms with Crippen molar-refractivity contribution in [1.29, 1.82) is 0 Å². The fourth-order valence-corrected chi connectivity index (χ4v) is 4.89. The predicted molar refractivity (Wildman–Crippen MR) is 177 cm³/mol. The molecule has 1 unspecified atom stereocenters. The average molecular weight is 597 g/mol. The van der Waals surface area contributed by atoms with Gasteiger partial charge in [-0.1, -0.05) is 72.7 Å². The Kier molecular flexibility index (Phi) is 16.7. The molecule has 3 aromatic rings. The van der Waals surface area contributed by atoms with Crippen LogP contribution in [0, 0.1) is 5.92 Å². The fraction of sp³-hybridized carbons (Fsp3) is 0.556. The van der Waals surface area contributed by atoms with Crippen LogP contribution in [0.4, 0.5) is 0 Å². The van der Waals surface area contributed by atoms with Crippen LogP contribution in [0.1, 0.15) is 92.8 Å². The van der Waals surface area contributed by atoms with Gasteiger partial charge in [-0.05, 0) is 75.0 Å². The summed E-state index contributed by atoms with van der Waals surface area (Å²) in [6.07, 6.45) is 3.10. The van der Waals surface area contributed by atoms with Gasteiger partial charge in [0, 0.05) is 25.5 Å². The highest BCUT2D eigenvalue weighted by molar-refractivity contribution is 5.87. The van der Waals surface area contributed by atoms with E-state index in [-0.39, 0.29) is 25.0 Å². The number of likely N-dealkylation sites (tertiary alicyclic amines) is 1.